The lowest BCUT2D eigenvalue weighted by molar-refractivity contribution is -0.144. The monoisotopic (exact) mass is 322 g/mol. The summed E-state index contributed by atoms with van der Waals surface area (Å²) in [7, 11) is 1.31. The van der Waals surface area contributed by atoms with Gasteiger partial charge in [-0.1, -0.05) is 19.1 Å². The molecule has 126 valence electrons. The van der Waals surface area contributed by atoms with E-state index in [4.69, 9.17) is 4.74 Å². The van der Waals surface area contributed by atoms with Gasteiger partial charge in [0.05, 0.1) is 19.6 Å². The van der Waals surface area contributed by atoms with Gasteiger partial charge in [-0.05, 0) is 17.7 Å². The second-order valence-electron chi connectivity index (χ2n) is 5.05. The first kappa shape index (κ1) is 18.5. The zero-order valence-electron chi connectivity index (χ0n) is 13.5. The third-order valence-electron chi connectivity index (χ3n) is 3.05. The number of amides is 2. The molecule has 1 unspecified atom stereocenters. The van der Waals surface area contributed by atoms with Crippen molar-refractivity contribution in [1.29, 1.82) is 0 Å². The molecule has 0 fully saturated rings. The molecule has 2 amide bonds. The van der Waals surface area contributed by atoms with Crippen molar-refractivity contribution in [2.24, 2.45) is 5.92 Å². The number of carbonyl (C=O) groups excluding carboxylic acids is 3. The fourth-order valence-electron chi connectivity index (χ4n) is 1.82. The Balaban J connectivity index is 2.45. The molecule has 0 aliphatic heterocycles. The second-order valence-corrected chi connectivity index (χ2v) is 5.05. The van der Waals surface area contributed by atoms with Gasteiger partial charge < -0.3 is 20.1 Å². The van der Waals surface area contributed by atoms with Crippen molar-refractivity contribution in [2.75, 3.05) is 25.6 Å². The summed E-state index contributed by atoms with van der Waals surface area (Å²) in [6, 6.07) is 6.82. The molecule has 1 atom stereocenters. The summed E-state index contributed by atoms with van der Waals surface area (Å²) in [4.78, 5) is 33.8. The summed E-state index contributed by atoms with van der Waals surface area (Å²) in [6.45, 7) is 3.51. The molecule has 0 saturated heterocycles. The molecule has 0 aliphatic carbocycles. The number of urea groups is 1. The number of esters is 2. The Bertz CT molecular complexity index is 559. The maximum absolute atomic E-state index is 11.8. The average molecular weight is 322 g/mol. The predicted octanol–water partition coefficient (Wildman–Crippen LogP) is 1.72. The zero-order chi connectivity index (χ0) is 17.2. The van der Waals surface area contributed by atoms with Crippen LogP contribution >= 0.6 is 0 Å². The van der Waals surface area contributed by atoms with Crippen molar-refractivity contribution >= 4 is 23.7 Å². The highest BCUT2D eigenvalue weighted by Crippen LogP contribution is 2.11. The van der Waals surface area contributed by atoms with Gasteiger partial charge in [-0.25, -0.2) is 4.79 Å². The van der Waals surface area contributed by atoms with Crippen LogP contribution in [0.1, 0.15) is 19.4 Å². The zero-order valence-corrected chi connectivity index (χ0v) is 13.5. The van der Waals surface area contributed by atoms with Crippen LogP contribution in [0.3, 0.4) is 0 Å². The van der Waals surface area contributed by atoms with Crippen LogP contribution < -0.4 is 10.6 Å². The number of ether oxygens (including phenoxy) is 2. The smallest absolute Gasteiger partial charge is 0.319 e. The Hall–Kier alpha value is -2.57. The minimum absolute atomic E-state index is 0.185. The summed E-state index contributed by atoms with van der Waals surface area (Å²) in [5.41, 5.74) is 1.56. The molecule has 7 nitrogen and oxygen atoms in total. The largest absolute Gasteiger partial charge is 0.469 e. The maximum atomic E-state index is 11.8. The second kappa shape index (κ2) is 9.45. The van der Waals surface area contributed by atoms with Crippen LogP contribution in [0.2, 0.25) is 0 Å². The Kier molecular flexibility index (Phi) is 7.59. The van der Waals surface area contributed by atoms with E-state index in [1.807, 2.05) is 6.07 Å². The summed E-state index contributed by atoms with van der Waals surface area (Å²) in [5, 5.41) is 5.29. The third-order valence-corrected chi connectivity index (χ3v) is 3.05. The lowest BCUT2D eigenvalue weighted by Crippen LogP contribution is -2.35. The van der Waals surface area contributed by atoms with Gasteiger partial charge in [0.2, 0.25) is 0 Å². The van der Waals surface area contributed by atoms with Crippen LogP contribution in [0.4, 0.5) is 10.5 Å². The molecule has 0 aliphatic rings. The van der Waals surface area contributed by atoms with Gasteiger partial charge in [-0.3, -0.25) is 9.59 Å². The van der Waals surface area contributed by atoms with Gasteiger partial charge in [0.1, 0.15) is 0 Å². The Morgan fingerprint density at radius 3 is 2.65 bits per heavy atom. The number of anilines is 1. The van der Waals surface area contributed by atoms with Crippen LogP contribution in [0.15, 0.2) is 24.3 Å². The Morgan fingerprint density at radius 1 is 1.26 bits per heavy atom. The van der Waals surface area contributed by atoms with Crippen molar-refractivity contribution < 1.29 is 23.9 Å². The van der Waals surface area contributed by atoms with Crippen molar-refractivity contribution in [2.45, 2.75) is 20.3 Å². The Morgan fingerprint density at radius 2 is 2.00 bits per heavy atom. The highest BCUT2D eigenvalue weighted by molar-refractivity contribution is 5.89. The topological polar surface area (TPSA) is 93.7 Å². The normalized spacial score (nSPS) is 11.3. The molecule has 1 aromatic carbocycles. The van der Waals surface area contributed by atoms with E-state index in [0.717, 1.165) is 5.56 Å². The highest BCUT2D eigenvalue weighted by Gasteiger charge is 2.14. The number of benzene rings is 1. The van der Waals surface area contributed by atoms with Crippen LogP contribution in [-0.2, 0) is 25.5 Å². The molecule has 2 N–H and O–H groups in total. The first-order valence-electron chi connectivity index (χ1n) is 7.27. The van der Waals surface area contributed by atoms with Crippen LogP contribution in [0.5, 0.6) is 0 Å². The van der Waals surface area contributed by atoms with Crippen molar-refractivity contribution in [3.8, 4) is 0 Å². The van der Waals surface area contributed by atoms with Gasteiger partial charge in [0, 0.05) is 25.6 Å². The van der Waals surface area contributed by atoms with Crippen LogP contribution in [0.25, 0.3) is 0 Å². The standard InChI is InChI=1S/C16H22N2O5/c1-11(15(20)22-3)10-17-16(21)18-14-6-4-5-13(9-14)7-8-23-12(2)19/h4-6,9,11H,7-8,10H2,1-3H3,(H2,17,18,21). The van der Waals surface area contributed by atoms with E-state index in [-0.39, 0.29) is 18.5 Å². The number of hydrogen-bond acceptors (Lipinski definition) is 5. The molecular weight excluding hydrogens is 300 g/mol. The van der Waals surface area contributed by atoms with Crippen LogP contribution in [0, 0.1) is 5.92 Å². The molecule has 0 aromatic heterocycles. The fourth-order valence-corrected chi connectivity index (χ4v) is 1.82. The van der Waals surface area contributed by atoms with E-state index < -0.39 is 11.9 Å². The van der Waals surface area contributed by atoms with Crippen molar-refractivity contribution in [1.82, 2.24) is 5.32 Å². The quantitative estimate of drug-likeness (QED) is 0.746. The van der Waals surface area contributed by atoms with Crippen molar-refractivity contribution in [3.05, 3.63) is 29.8 Å². The van der Waals surface area contributed by atoms with E-state index in [0.29, 0.717) is 18.7 Å². The summed E-state index contributed by atoms with van der Waals surface area (Å²) < 4.78 is 9.47. The van der Waals surface area contributed by atoms with Gasteiger partial charge in [-0.2, -0.15) is 0 Å². The lowest BCUT2D eigenvalue weighted by atomic mass is 10.1. The first-order chi connectivity index (χ1) is 10.9. The van der Waals surface area contributed by atoms with Gasteiger partial charge >= 0.3 is 18.0 Å². The van der Waals surface area contributed by atoms with Gasteiger partial charge in [0.25, 0.3) is 0 Å². The van der Waals surface area contributed by atoms with E-state index in [9.17, 15) is 14.4 Å². The third kappa shape index (κ3) is 7.30. The molecule has 0 bridgehead atoms. The molecule has 0 radical (unpaired) electrons. The molecule has 7 heteroatoms. The molecule has 1 rings (SSSR count). The summed E-state index contributed by atoms with van der Waals surface area (Å²) in [6.07, 6.45) is 0.566. The minimum atomic E-state index is -0.416. The van der Waals surface area contributed by atoms with Gasteiger partial charge in [0.15, 0.2) is 0 Å². The number of hydrogen-bond donors (Lipinski definition) is 2. The van der Waals surface area contributed by atoms with E-state index in [2.05, 4.69) is 15.4 Å². The van der Waals surface area contributed by atoms with E-state index in [1.165, 1.54) is 14.0 Å². The SMILES string of the molecule is COC(=O)C(C)CNC(=O)Nc1cccc(CCOC(C)=O)c1. The summed E-state index contributed by atoms with van der Waals surface area (Å²) >= 11 is 0. The molecule has 1 aromatic rings. The van der Waals surface area contributed by atoms with Crippen LogP contribution in [-0.4, -0.2) is 38.2 Å². The molecular formula is C16H22N2O5. The molecule has 0 saturated carbocycles. The van der Waals surface area contributed by atoms with E-state index >= 15 is 0 Å². The fraction of sp³-hybridized carbons (Fsp3) is 0.438. The number of methoxy groups -OCH3 is 1. The minimum Gasteiger partial charge on any atom is -0.469 e. The Labute approximate surface area is 135 Å². The van der Waals surface area contributed by atoms with Gasteiger partial charge in [-0.15, -0.1) is 0 Å². The first-order valence-corrected chi connectivity index (χ1v) is 7.27. The molecule has 0 spiro atoms. The van der Waals surface area contributed by atoms with E-state index in [1.54, 1.807) is 25.1 Å². The maximum Gasteiger partial charge on any atom is 0.319 e. The average Bonchev–Trinajstić information content (AvgIpc) is 2.51. The van der Waals surface area contributed by atoms with Crippen molar-refractivity contribution in [3.63, 3.8) is 0 Å². The molecule has 0 heterocycles. The molecule has 23 heavy (non-hydrogen) atoms. The summed E-state index contributed by atoms with van der Waals surface area (Å²) in [5.74, 6) is -1.11. The lowest BCUT2D eigenvalue weighted by Gasteiger charge is -2.12. The number of carbonyl (C=O) groups is 3. The highest BCUT2D eigenvalue weighted by atomic mass is 16.5. The predicted molar refractivity (Wildman–Crippen MR) is 85.0 cm³/mol. The number of rotatable bonds is 7. The number of nitrogens with one attached hydrogen (secondary N) is 2.